The Labute approximate surface area is 194 Å². The molecule has 0 atom stereocenters. The molecular formula is C26H17ClN4O2. The number of nitriles is 1. The summed E-state index contributed by atoms with van der Waals surface area (Å²) in [5.74, 6) is -1.03. The summed E-state index contributed by atoms with van der Waals surface area (Å²) >= 11 is 5.91. The van der Waals surface area contributed by atoms with Gasteiger partial charge in [0.15, 0.2) is 0 Å². The van der Waals surface area contributed by atoms with Crippen molar-refractivity contribution in [3.8, 4) is 17.2 Å². The molecule has 0 fully saturated rings. The molecule has 7 heteroatoms. The summed E-state index contributed by atoms with van der Waals surface area (Å²) in [5.41, 5.74) is 4.55. The third-order valence-corrected chi connectivity index (χ3v) is 6.06. The van der Waals surface area contributed by atoms with Gasteiger partial charge >= 0.3 is 0 Å². The summed E-state index contributed by atoms with van der Waals surface area (Å²) in [6, 6.07) is 20.2. The first-order chi connectivity index (χ1) is 16.0. The lowest BCUT2D eigenvalue weighted by atomic mass is 9.96. The number of halogens is 1. The van der Waals surface area contributed by atoms with Crippen molar-refractivity contribution in [3.63, 3.8) is 0 Å². The van der Waals surface area contributed by atoms with Gasteiger partial charge in [-0.05, 0) is 52.6 Å². The van der Waals surface area contributed by atoms with Crippen molar-refractivity contribution in [3.05, 3.63) is 94.1 Å². The van der Waals surface area contributed by atoms with Crippen molar-refractivity contribution in [1.82, 2.24) is 14.7 Å². The van der Waals surface area contributed by atoms with Gasteiger partial charge in [0.05, 0.1) is 18.3 Å². The zero-order valence-electron chi connectivity index (χ0n) is 17.6. The average Bonchev–Trinajstić information content (AvgIpc) is 3.38. The molecule has 2 heterocycles. The first-order valence-corrected chi connectivity index (χ1v) is 10.6. The van der Waals surface area contributed by atoms with Crippen LogP contribution in [0.5, 0.6) is 0 Å². The smallest absolute Gasteiger partial charge is 0.269 e. The van der Waals surface area contributed by atoms with Gasteiger partial charge in [-0.1, -0.05) is 48.0 Å². The van der Waals surface area contributed by atoms with Crippen LogP contribution in [0, 0.1) is 11.3 Å². The molecule has 3 aromatic carbocycles. The van der Waals surface area contributed by atoms with E-state index in [4.69, 9.17) is 11.6 Å². The zero-order valence-corrected chi connectivity index (χ0v) is 18.4. The van der Waals surface area contributed by atoms with Crippen LogP contribution in [0.25, 0.3) is 28.1 Å². The molecule has 33 heavy (non-hydrogen) atoms. The summed E-state index contributed by atoms with van der Waals surface area (Å²) < 4.78 is 1.80. The van der Waals surface area contributed by atoms with Gasteiger partial charge in [-0.2, -0.15) is 10.4 Å². The summed E-state index contributed by atoms with van der Waals surface area (Å²) in [5, 5.41) is 15.5. The highest BCUT2D eigenvalue weighted by molar-refractivity contribution is 6.30. The fourth-order valence-electron chi connectivity index (χ4n) is 4.09. The lowest BCUT2D eigenvalue weighted by Crippen LogP contribution is -2.32. The molecule has 4 aromatic rings. The van der Waals surface area contributed by atoms with Gasteiger partial charge in [0.1, 0.15) is 11.6 Å². The number of amides is 2. The third kappa shape index (κ3) is 3.59. The summed E-state index contributed by atoms with van der Waals surface area (Å²) in [6.45, 7) is 0.103. The van der Waals surface area contributed by atoms with Crippen LogP contribution in [-0.4, -0.2) is 26.5 Å². The summed E-state index contributed by atoms with van der Waals surface area (Å²) in [6.07, 6.45) is 3.26. The molecule has 0 saturated carbocycles. The standard InChI is InChI=1S/C26H17ClN4O2/c1-30-24-12-17(7-8-18(24)14-29-30)21-3-2-4-22-23(21)15-31(26(22)33)25(32)19(13-28)11-16-5-9-20(27)10-6-16/h2-12,14H,15H2,1H3/b19-11+. The molecule has 0 N–H and O–H groups in total. The Bertz CT molecular complexity index is 1510. The number of benzene rings is 3. The number of carbonyl (C=O) groups excluding carboxylic acids is 2. The quantitative estimate of drug-likeness (QED) is 0.324. The number of fused-ring (bicyclic) bond motifs is 2. The molecule has 0 spiro atoms. The van der Waals surface area contributed by atoms with Crippen LogP contribution >= 0.6 is 11.6 Å². The van der Waals surface area contributed by atoms with Gasteiger partial charge in [0.25, 0.3) is 11.8 Å². The lowest BCUT2D eigenvalue weighted by Gasteiger charge is -2.13. The second-order valence-corrected chi connectivity index (χ2v) is 8.23. The molecule has 0 unspecified atom stereocenters. The van der Waals surface area contributed by atoms with Crippen LogP contribution in [0.1, 0.15) is 21.5 Å². The van der Waals surface area contributed by atoms with E-state index in [1.807, 2.05) is 43.4 Å². The maximum absolute atomic E-state index is 13.1. The van der Waals surface area contributed by atoms with Crippen LogP contribution in [0.4, 0.5) is 0 Å². The Hall–Kier alpha value is -4.21. The highest BCUT2D eigenvalue weighted by Gasteiger charge is 2.35. The number of carbonyl (C=O) groups is 2. The maximum atomic E-state index is 13.1. The SMILES string of the molecule is Cn1ncc2ccc(-c3cccc4c3CN(C(=O)/C(C#N)=C/c3ccc(Cl)cc3)C4=O)cc21. The number of imide groups is 1. The molecule has 5 rings (SSSR count). The first kappa shape index (κ1) is 20.7. The van der Waals surface area contributed by atoms with E-state index in [2.05, 4.69) is 5.10 Å². The third-order valence-electron chi connectivity index (χ3n) is 5.80. The normalized spacial score (nSPS) is 13.3. The van der Waals surface area contributed by atoms with Crippen molar-refractivity contribution in [2.45, 2.75) is 6.54 Å². The van der Waals surface area contributed by atoms with E-state index < -0.39 is 11.8 Å². The minimum absolute atomic E-state index is 0.103. The lowest BCUT2D eigenvalue weighted by molar-refractivity contribution is -0.124. The molecule has 1 aliphatic heterocycles. The van der Waals surface area contributed by atoms with Gasteiger partial charge in [0, 0.05) is 23.0 Å². The zero-order chi connectivity index (χ0) is 23.1. The highest BCUT2D eigenvalue weighted by Crippen LogP contribution is 2.34. The van der Waals surface area contributed by atoms with Crippen molar-refractivity contribution in [2.75, 3.05) is 0 Å². The van der Waals surface area contributed by atoms with E-state index in [1.165, 1.54) is 6.08 Å². The van der Waals surface area contributed by atoms with E-state index in [9.17, 15) is 14.9 Å². The van der Waals surface area contributed by atoms with Crippen molar-refractivity contribution >= 4 is 40.4 Å². The molecule has 0 radical (unpaired) electrons. The van der Waals surface area contributed by atoms with E-state index in [-0.39, 0.29) is 12.1 Å². The monoisotopic (exact) mass is 452 g/mol. The minimum atomic E-state index is -0.623. The Morgan fingerprint density at radius 3 is 2.64 bits per heavy atom. The molecule has 2 amide bonds. The van der Waals surface area contributed by atoms with Crippen molar-refractivity contribution < 1.29 is 9.59 Å². The number of rotatable bonds is 3. The van der Waals surface area contributed by atoms with Crippen LogP contribution in [0.15, 0.2) is 72.4 Å². The van der Waals surface area contributed by atoms with E-state index in [0.717, 1.165) is 32.5 Å². The molecule has 1 aromatic heterocycles. The summed E-state index contributed by atoms with van der Waals surface area (Å²) in [4.78, 5) is 27.4. The molecule has 6 nitrogen and oxygen atoms in total. The Morgan fingerprint density at radius 2 is 1.88 bits per heavy atom. The van der Waals surface area contributed by atoms with E-state index in [1.54, 1.807) is 41.2 Å². The van der Waals surface area contributed by atoms with Gasteiger partial charge in [-0.15, -0.1) is 0 Å². The maximum Gasteiger partial charge on any atom is 0.271 e. The number of hydrogen-bond donors (Lipinski definition) is 0. The fourth-order valence-corrected chi connectivity index (χ4v) is 4.22. The molecule has 0 bridgehead atoms. The van der Waals surface area contributed by atoms with E-state index >= 15 is 0 Å². The second-order valence-electron chi connectivity index (χ2n) is 7.79. The summed E-state index contributed by atoms with van der Waals surface area (Å²) in [7, 11) is 1.88. The second kappa shape index (κ2) is 8.05. The van der Waals surface area contributed by atoms with Gasteiger partial charge in [0.2, 0.25) is 0 Å². The van der Waals surface area contributed by atoms with Gasteiger partial charge in [-0.25, -0.2) is 0 Å². The Balaban J connectivity index is 1.51. The average molecular weight is 453 g/mol. The van der Waals surface area contributed by atoms with Crippen LogP contribution in [0.2, 0.25) is 5.02 Å². The number of hydrogen-bond acceptors (Lipinski definition) is 4. The fraction of sp³-hybridized carbons (Fsp3) is 0.0769. The topological polar surface area (TPSA) is 79.0 Å². The van der Waals surface area contributed by atoms with Crippen LogP contribution in [0.3, 0.4) is 0 Å². The van der Waals surface area contributed by atoms with Gasteiger partial charge in [-0.3, -0.25) is 19.2 Å². The molecule has 0 saturated heterocycles. The first-order valence-electron chi connectivity index (χ1n) is 10.2. The molecule has 160 valence electrons. The largest absolute Gasteiger partial charge is 0.271 e. The van der Waals surface area contributed by atoms with Gasteiger partial charge < -0.3 is 0 Å². The number of aromatic nitrogens is 2. The molecule has 0 aliphatic carbocycles. The van der Waals surface area contributed by atoms with Crippen LogP contribution < -0.4 is 0 Å². The number of aryl methyl sites for hydroxylation is 1. The number of nitrogens with zero attached hydrogens (tertiary/aromatic N) is 4. The van der Waals surface area contributed by atoms with Crippen molar-refractivity contribution in [2.24, 2.45) is 7.05 Å². The van der Waals surface area contributed by atoms with E-state index in [0.29, 0.717) is 16.1 Å². The Kier molecular flexibility index (Phi) is 5.04. The minimum Gasteiger partial charge on any atom is -0.269 e. The molecular weight excluding hydrogens is 436 g/mol. The Morgan fingerprint density at radius 1 is 1.12 bits per heavy atom. The van der Waals surface area contributed by atoms with Crippen LogP contribution in [-0.2, 0) is 18.4 Å². The molecule has 1 aliphatic rings. The predicted molar refractivity (Wildman–Crippen MR) is 126 cm³/mol. The highest BCUT2D eigenvalue weighted by atomic mass is 35.5. The van der Waals surface area contributed by atoms with Crippen molar-refractivity contribution in [1.29, 1.82) is 5.26 Å². The predicted octanol–water partition coefficient (Wildman–Crippen LogP) is 4.98.